The standard InChI is InChI=1S/C11H11BrF2O3/c1-2-17-10(16)5-9(15)7-3-6(12)4-8(13)11(7)14/h3-4,9,15H,2,5H2,1H3. The van der Waals surface area contributed by atoms with Crippen LogP contribution in [0.15, 0.2) is 16.6 Å². The van der Waals surface area contributed by atoms with E-state index < -0.39 is 30.1 Å². The van der Waals surface area contributed by atoms with Crippen LogP contribution in [0.4, 0.5) is 8.78 Å². The summed E-state index contributed by atoms with van der Waals surface area (Å²) in [6.07, 6.45) is -1.85. The van der Waals surface area contributed by atoms with E-state index >= 15 is 0 Å². The van der Waals surface area contributed by atoms with Gasteiger partial charge in [0, 0.05) is 10.0 Å². The van der Waals surface area contributed by atoms with Crippen LogP contribution in [0.2, 0.25) is 0 Å². The van der Waals surface area contributed by atoms with Gasteiger partial charge in [-0.2, -0.15) is 0 Å². The third kappa shape index (κ3) is 3.74. The van der Waals surface area contributed by atoms with Gasteiger partial charge in [-0.1, -0.05) is 15.9 Å². The van der Waals surface area contributed by atoms with Crippen LogP contribution >= 0.6 is 15.9 Å². The second kappa shape index (κ2) is 6.07. The van der Waals surface area contributed by atoms with Gasteiger partial charge in [-0.3, -0.25) is 4.79 Å². The first-order valence-corrected chi connectivity index (χ1v) is 5.73. The molecule has 0 aliphatic carbocycles. The summed E-state index contributed by atoms with van der Waals surface area (Å²) in [6, 6.07) is 2.16. The van der Waals surface area contributed by atoms with E-state index in [2.05, 4.69) is 20.7 Å². The Labute approximate surface area is 106 Å². The number of aliphatic hydroxyl groups is 1. The van der Waals surface area contributed by atoms with Crippen molar-refractivity contribution in [1.82, 2.24) is 0 Å². The van der Waals surface area contributed by atoms with Gasteiger partial charge in [-0.25, -0.2) is 8.78 Å². The molecule has 0 aliphatic rings. The van der Waals surface area contributed by atoms with Crippen LogP contribution in [0, 0.1) is 11.6 Å². The van der Waals surface area contributed by atoms with Gasteiger partial charge in [-0.05, 0) is 19.1 Å². The van der Waals surface area contributed by atoms with Crippen molar-refractivity contribution in [2.75, 3.05) is 6.61 Å². The Bertz CT molecular complexity index is 423. The normalized spacial score (nSPS) is 12.3. The van der Waals surface area contributed by atoms with E-state index in [1.54, 1.807) is 6.92 Å². The summed E-state index contributed by atoms with van der Waals surface area (Å²) in [5, 5.41) is 9.62. The van der Waals surface area contributed by atoms with Gasteiger partial charge in [0.25, 0.3) is 0 Å². The van der Waals surface area contributed by atoms with Gasteiger partial charge in [0.15, 0.2) is 11.6 Å². The quantitative estimate of drug-likeness (QED) is 0.687. The van der Waals surface area contributed by atoms with Crippen LogP contribution in [0.5, 0.6) is 0 Å². The Hall–Kier alpha value is -1.01. The van der Waals surface area contributed by atoms with Crippen LogP contribution in [0.25, 0.3) is 0 Å². The number of halogens is 3. The van der Waals surface area contributed by atoms with Gasteiger partial charge in [0.05, 0.1) is 19.1 Å². The average molecular weight is 309 g/mol. The molecule has 0 fully saturated rings. The van der Waals surface area contributed by atoms with Crippen molar-refractivity contribution in [3.05, 3.63) is 33.8 Å². The van der Waals surface area contributed by atoms with E-state index in [1.165, 1.54) is 6.07 Å². The molecule has 0 aromatic heterocycles. The molecule has 6 heteroatoms. The smallest absolute Gasteiger partial charge is 0.308 e. The zero-order valence-corrected chi connectivity index (χ0v) is 10.6. The maximum Gasteiger partial charge on any atom is 0.308 e. The minimum atomic E-state index is -1.43. The third-order valence-corrected chi connectivity index (χ3v) is 2.50. The minimum Gasteiger partial charge on any atom is -0.466 e. The van der Waals surface area contributed by atoms with E-state index in [-0.39, 0.29) is 16.6 Å². The molecule has 0 bridgehead atoms. The van der Waals surface area contributed by atoms with Crippen LogP contribution in [0.3, 0.4) is 0 Å². The third-order valence-electron chi connectivity index (χ3n) is 2.05. The Morgan fingerprint density at radius 1 is 1.53 bits per heavy atom. The highest BCUT2D eigenvalue weighted by Crippen LogP contribution is 2.26. The Morgan fingerprint density at radius 2 is 2.18 bits per heavy atom. The molecule has 0 heterocycles. The number of esters is 1. The topological polar surface area (TPSA) is 46.5 Å². The van der Waals surface area contributed by atoms with Crippen LogP contribution in [0.1, 0.15) is 25.0 Å². The monoisotopic (exact) mass is 308 g/mol. The van der Waals surface area contributed by atoms with Gasteiger partial charge in [0.2, 0.25) is 0 Å². The molecule has 94 valence electrons. The summed E-state index contributed by atoms with van der Waals surface area (Å²) in [6.45, 7) is 1.78. The molecular formula is C11H11BrF2O3. The van der Waals surface area contributed by atoms with Crippen molar-refractivity contribution in [1.29, 1.82) is 0 Å². The minimum absolute atomic E-state index is 0.168. The number of benzene rings is 1. The molecule has 1 aromatic rings. The fourth-order valence-electron chi connectivity index (χ4n) is 1.31. The number of rotatable bonds is 4. The summed E-state index contributed by atoms with van der Waals surface area (Å²) in [5.41, 5.74) is -0.273. The van der Waals surface area contributed by atoms with Gasteiger partial charge < -0.3 is 9.84 Å². The molecular weight excluding hydrogens is 298 g/mol. The zero-order valence-electron chi connectivity index (χ0n) is 9.04. The van der Waals surface area contributed by atoms with E-state index in [0.717, 1.165) is 6.07 Å². The highest BCUT2D eigenvalue weighted by molar-refractivity contribution is 9.10. The maximum atomic E-state index is 13.4. The lowest BCUT2D eigenvalue weighted by molar-refractivity contribution is -0.145. The molecule has 0 amide bonds. The fourth-order valence-corrected chi connectivity index (χ4v) is 1.75. The van der Waals surface area contributed by atoms with E-state index in [1.807, 2.05) is 0 Å². The van der Waals surface area contributed by atoms with Crippen LogP contribution < -0.4 is 0 Å². The molecule has 1 N–H and O–H groups in total. The van der Waals surface area contributed by atoms with Gasteiger partial charge in [0.1, 0.15) is 0 Å². The molecule has 1 aromatic carbocycles. The molecule has 1 atom stereocenters. The molecule has 0 saturated carbocycles. The summed E-state index contributed by atoms with van der Waals surface area (Å²) >= 11 is 2.98. The Kier molecular flexibility index (Phi) is 5.02. The summed E-state index contributed by atoms with van der Waals surface area (Å²) in [4.78, 5) is 11.1. The van der Waals surface area contributed by atoms with Gasteiger partial charge >= 0.3 is 5.97 Å². The van der Waals surface area contributed by atoms with E-state index in [0.29, 0.717) is 0 Å². The number of aliphatic hydroxyl groups excluding tert-OH is 1. The van der Waals surface area contributed by atoms with E-state index in [4.69, 9.17) is 0 Å². The van der Waals surface area contributed by atoms with Crippen molar-refractivity contribution >= 4 is 21.9 Å². The number of hydrogen-bond donors (Lipinski definition) is 1. The maximum absolute atomic E-state index is 13.4. The van der Waals surface area contributed by atoms with Crippen molar-refractivity contribution in [2.45, 2.75) is 19.4 Å². The summed E-state index contributed by atoms with van der Waals surface area (Å²) in [5.74, 6) is -2.91. The molecule has 3 nitrogen and oxygen atoms in total. The first-order valence-electron chi connectivity index (χ1n) is 4.93. The number of hydrogen-bond acceptors (Lipinski definition) is 3. The Morgan fingerprint density at radius 3 is 2.76 bits per heavy atom. The molecule has 17 heavy (non-hydrogen) atoms. The van der Waals surface area contributed by atoms with E-state index in [9.17, 15) is 18.7 Å². The molecule has 0 saturated heterocycles. The highest BCUT2D eigenvalue weighted by atomic mass is 79.9. The van der Waals surface area contributed by atoms with Crippen molar-refractivity contribution < 1.29 is 23.4 Å². The second-order valence-electron chi connectivity index (χ2n) is 3.32. The first-order chi connectivity index (χ1) is 7.95. The molecule has 0 radical (unpaired) electrons. The van der Waals surface area contributed by atoms with Crippen molar-refractivity contribution in [3.63, 3.8) is 0 Å². The fraction of sp³-hybridized carbons (Fsp3) is 0.364. The lowest BCUT2D eigenvalue weighted by Gasteiger charge is -2.12. The predicted octanol–water partition coefficient (Wildman–Crippen LogP) is 2.71. The largest absolute Gasteiger partial charge is 0.466 e. The SMILES string of the molecule is CCOC(=O)CC(O)c1cc(Br)cc(F)c1F. The van der Waals surface area contributed by atoms with Crippen molar-refractivity contribution in [2.24, 2.45) is 0 Å². The second-order valence-corrected chi connectivity index (χ2v) is 4.23. The number of carbonyl (C=O) groups is 1. The molecule has 1 rings (SSSR count). The van der Waals surface area contributed by atoms with Gasteiger partial charge in [-0.15, -0.1) is 0 Å². The Balaban J connectivity index is 2.88. The van der Waals surface area contributed by atoms with Crippen molar-refractivity contribution in [3.8, 4) is 0 Å². The average Bonchev–Trinajstić information content (AvgIpc) is 2.23. The lowest BCUT2D eigenvalue weighted by Crippen LogP contribution is -2.11. The molecule has 0 spiro atoms. The molecule has 1 unspecified atom stereocenters. The van der Waals surface area contributed by atoms with Crippen LogP contribution in [-0.2, 0) is 9.53 Å². The lowest BCUT2D eigenvalue weighted by atomic mass is 10.1. The molecule has 0 aliphatic heterocycles. The predicted molar refractivity (Wildman–Crippen MR) is 60.3 cm³/mol. The summed E-state index contributed by atoms with van der Waals surface area (Å²) in [7, 11) is 0. The number of carbonyl (C=O) groups excluding carboxylic acids is 1. The first kappa shape index (κ1) is 14.1. The number of ether oxygens (including phenoxy) is 1. The zero-order chi connectivity index (χ0) is 13.0. The summed E-state index contributed by atoms with van der Waals surface area (Å²) < 4.78 is 31.3. The van der Waals surface area contributed by atoms with Crippen LogP contribution in [-0.4, -0.2) is 17.7 Å². The highest BCUT2D eigenvalue weighted by Gasteiger charge is 2.20.